The van der Waals surface area contributed by atoms with Gasteiger partial charge < -0.3 is 0 Å². The van der Waals surface area contributed by atoms with Crippen LogP contribution in [-0.4, -0.2) is 23.6 Å². The first-order chi connectivity index (χ1) is 13.7. The number of fused-ring (bicyclic) bond motifs is 1. The van der Waals surface area contributed by atoms with Crippen LogP contribution in [0.15, 0.2) is 47.5 Å². The first-order valence-electron chi connectivity index (χ1n) is 9.70. The molecular weight excluding hydrogens is 362 g/mol. The third kappa shape index (κ3) is 3.58. The molecule has 5 nitrogen and oxygen atoms in total. The van der Waals surface area contributed by atoms with Crippen molar-refractivity contribution in [2.75, 3.05) is 4.90 Å². The molecule has 0 aliphatic carbocycles. The van der Waals surface area contributed by atoms with Gasteiger partial charge in [-0.25, -0.2) is 4.90 Å². The van der Waals surface area contributed by atoms with Crippen LogP contribution in [-0.2, 0) is 4.79 Å². The Hall–Kier alpha value is -3.26. The van der Waals surface area contributed by atoms with Gasteiger partial charge >= 0.3 is 0 Å². The highest BCUT2D eigenvalue weighted by Crippen LogP contribution is 2.33. The van der Waals surface area contributed by atoms with E-state index in [4.69, 9.17) is 0 Å². The second-order valence-electron chi connectivity index (χ2n) is 8.00. The van der Waals surface area contributed by atoms with Crippen LogP contribution in [0.1, 0.15) is 53.7 Å². The summed E-state index contributed by atoms with van der Waals surface area (Å²) in [7, 11) is 0. The molecule has 29 heavy (non-hydrogen) atoms. The predicted molar refractivity (Wildman–Crippen MR) is 114 cm³/mol. The summed E-state index contributed by atoms with van der Waals surface area (Å²) in [6.45, 7) is 9.52. The predicted octanol–water partition coefficient (Wildman–Crippen LogP) is 4.58. The summed E-state index contributed by atoms with van der Waals surface area (Å²) in [5.74, 6) is -1.44. The first kappa shape index (κ1) is 20.5. The lowest BCUT2D eigenvalue weighted by Gasteiger charge is -2.32. The highest BCUT2D eigenvalue weighted by Gasteiger charge is 2.39. The highest BCUT2D eigenvalue weighted by atomic mass is 16.2. The number of hydrogen-bond donors (Lipinski definition) is 0. The van der Waals surface area contributed by atoms with Gasteiger partial charge in [0.1, 0.15) is 5.54 Å². The first-order valence-corrected chi connectivity index (χ1v) is 9.70. The maximum atomic E-state index is 13.4. The van der Waals surface area contributed by atoms with Crippen molar-refractivity contribution >= 4 is 23.7 Å². The van der Waals surface area contributed by atoms with Crippen molar-refractivity contribution in [3.63, 3.8) is 0 Å². The van der Waals surface area contributed by atoms with Crippen molar-refractivity contribution < 1.29 is 9.59 Å². The lowest BCUT2D eigenvalue weighted by atomic mass is 9.87. The summed E-state index contributed by atoms with van der Waals surface area (Å²) < 4.78 is 0. The SMILES string of the molecule is Cc1ccc(N2C(=O)c3ccccc3[C@@H](C=N[C@@](C)(C#N)C(C)C)C2=O)cc1C. The largest absolute Gasteiger partial charge is 0.275 e. The fourth-order valence-electron chi connectivity index (χ4n) is 3.25. The Bertz CT molecular complexity index is 1050. The third-order valence-electron chi connectivity index (χ3n) is 5.81. The number of nitriles is 1. The topological polar surface area (TPSA) is 73.5 Å². The van der Waals surface area contributed by atoms with Crippen molar-refractivity contribution in [1.29, 1.82) is 5.26 Å². The van der Waals surface area contributed by atoms with Crippen molar-refractivity contribution in [3.05, 3.63) is 64.7 Å². The number of carbonyl (C=O) groups is 2. The number of nitrogens with zero attached hydrogens (tertiary/aromatic N) is 3. The van der Waals surface area contributed by atoms with Crippen LogP contribution in [0, 0.1) is 31.1 Å². The number of rotatable bonds is 4. The van der Waals surface area contributed by atoms with Crippen molar-refractivity contribution in [2.45, 2.75) is 46.1 Å². The molecule has 0 saturated carbocycles. The molecule has 0 aromatic heterocycles. The fraction of sp³-hybridized carbons (Fsp3) is 0.333. The molecule has 0 N–H and O–H groups in total. The number of aryl methyl sites for hydroxylation is 2. The van der Waals surface area contributed by atoms with Gasteiger partial charge in [0.2, 0.25) is 5.91 Å². The van der Waals surface area contributed by atoms with Gasteiger partial charge in [-0.15, -0.1) is 0 Å². The molecule has 1 aliphatic heterocycles. The molecule has 148 valence electrons. The van der Waals surface area contributed by atoms with E-state index < -0.39 is 11.5 Å². The van der Waals surface area contributed by atoms with Gasteiger partial charge in [0.25, 0.3) is 5.91 Å². The number of amides is 2. The lowest BCUT2D eigenvalue weighted by molar-refractivity contribution is -0.118. The number of anilines is 1. The third-order valence-corrected chi connectivity index (χ3v) is 5.81. The van der Waals surface area contributed by atoms with Gasteiger partial charge in [0.05, 0.1) is 17.7 Å². The minimum absolute atomic E-state index is 0.0184. The van der Waals surface area contributed by atoms with E-state index >= 15 is 0 Å². The highest BCUT2D eigenvalue weighted by molar-refractivity contribution is 6.29. The Morgan fingerprint density at radius 1 is 1.14 bits per heavy atom. The zero-order chi connectivity index (χ0) is 21.3. The minimum atomic E-state index is -0.943. The van der Waals surface area contributed by atoms with Crippen LogP contribution in [0.25, 0.3) is 0 Å². The Balaban J connectivity index is 2.12. The summed E-state index contributed by atoms with van der Waals surface area (Å²) in [5, 5.41) is 9.56. The van der Waals surface area contributed by atoms with Gasteiger partial charge in [-0.3, -0.25) is 14.6 Å². The average Bonchev–Trinajstić information content (AvgIpc) is 2.70. The summed E-state index contributed by atoms with van der Waals surface area (Å²) >= 11 is 0. The van der Waals surface area contributed by atoms with Crippen LogP contribution in [0.5, 0.6) is 0 Å². The molecule has 0 fully saturated rings. The number of imide groups is 1. The quantitative estimate of drug-likeness (QED) is 0.569. The molecule has 2 aromatic rings. The molecule has 3 rings (SSSR count). The molecule has 0 radical (unpaired) electrons. The summed E-state index contributed by atoms with van der Waals surface area (Å²) in [6, 6.07) is 14.9. The molecule has 0 spiro atoms. The molecule has 1 aliphatic rings. The normalized spacial score (nSPS) is 18.7. The van der Waals surface area contributed by atoms with Gasteiger partial charge in [-0.05, 0) is 61.6 Å². The number of aliphatic imine (C=N–C) groups is 1. The van der Waals surface area contributed by atoms with Crippen LogP contribution >= 0.6 is 0 Å². The lowest BCUT2D eigenvalue weighted by Crippen LogP contribution is -2.45. The number of carbonyl (C=O) groups excluding carboxylic acids is 2. The van der Waals surface area contributed by atoms with E-state index in [1.165, 1.54) is 11.1 Å². The van der Waals surface area contributed by atoms with Gasteiger partial charge in [-0.2, -0.15) is 5.26 Å². The van der Waals surface area contributed by atoms with Crippen LogP contribution in [0.2, 0.25) is 0 Å². The van der Waals surface area contributed by atoms with E-state index in [-0.39, 0.29) is 17.7 Å². The molecule has 2 aromatic carbocycles. The van der Waals surface area contributed by atoms with Crippen molar-refractivity contribution in [1.82, 2.24) is 0 Å². The van der Waals surface area contributed by atoms with E-state index in [1.54, 1.807) is 37.3 Å². The second kappa shape index (κ2) is 7.63. The second-order valence-corrected chi connectivity index (χ2v) is 8.00. The molecule has 1 heterocycles. The fourth-order valence-corrected chi connectivity index (χ4v) is 3.25. The van der Waals surface area contributed by atoms with Gasteiger partial charge in [-0.1, -0.05) is 38.1 Å². The summed E-state index contributed by atoms with van der Waals surface area (Å²) in [6.07, 6.45) is 1.53. The zero-order valence-electron chi connectivity index (χ0n) is 17.4. The number of benzene rings is 2. The summed E-state index contributed by atoms with van der Waals surface area (Å²) in [4.78, 5) is 32.3. The Kier molecular flexibility index (Phi) is 5.39. The Morgan fingerprint density at radius 3 is 2.45 bits per heavy atom. The molecule has 0 unspecified atom stereocenters. The average molecular weight is 387 g/mol. The van der Waals surface area contributed by atoms with Crippen LogP contribution < -0.4 is 4.90 Å². The number of hydrogen-bond acceptors (Lipinski definition) is 4. The van der Waals surface area contributed by atoms with Crippen molar-refractivity contribution in [3.8, 4) is 6.07 Å². The van der Waals surface area contributed by atoms with Crippen molar-refractivity contribution in [2.24, 2.45) is 10.9 Å². The van der Waals surface area contributed by atoms with Crippen LogP contribution in [0.4, 0.5) is 5.69 Å². The maximum Gasteiger partial charge on any atom is 0.265 e. The van der Waals surface area contributed by atoms with E-state index in [0.29, 0.717) is 16.8 Å². The molecular formula is C24H25N3O2. The molecule has 5 heteroatoms. The zero-order valence-corrected chi connectivity index (χ0v) is 17.4. The minimum Gasteiger partial charge on any atom is -0.275 e. The van der Waals surface area contributed by atoms with E-state index in [9.17, 15) is 14.9 Å². The molecule has 0 saturated heterocycles. The summed E-state index contributed by atoms with van der Waals surface area (Å²) in [5.41, 5.74) is 2.79. The van der Waals surface area contributed by atoms with Gasteiger partial charge in [0.15, 0.2) is 0 Å². The van der Waals surface area contributed by atoms with E-state index in [2.05, 4.69) is 11.1 Å². The Labute approximate surface area is 171 Å². The Morgan fingerprint density at radius 2 is 1.83 bits per heavy atom. The maximum absolute atomic E-state index is 13.4. The molecule has 0 bridgehead atoms. The van der Waals surface area contributed by atoms with Gasteiger partial charge in [0, 0.05) is 11.8 Å². The molecule has 2 amide bonds. The van der Waals surface area contributed by atoms with Crippen LogP contribution in [0.3, 0.4) is 0 Å². The standard InChI is InChI=1S/C24H25N3O2/c1-15(2)24(5,14-25)26-13-21-19-8-6-7-9-20(19)22(28)27(23(21)29)18-11-10-16(3)17(4)12-18/h6-13,15,21H,1-5H3/t21-,24+/m1/s1. The smallest absolute Gasteiger partial charge is 0.265 e. The monoisotopic (exact) mass is 387 g/mol. The van der Waals surface area contributed by atoms with E-state index in [1.807, 2.05) is 39.8 Å². The molecule has 2 atom stereocenters. The van der Waals surface area contributed by atoms with E-state index in [0.717, 1.165) is 11.1 Å².